The molecule has 4 N–H and O–H groups in total. The zero-order valence-corrected chi connectivity index (χ0v) is 17.6. The Morgan fingerprint density at radius 1 is 1.09 bits per heavy atom. The van der Waals surface area contributed by atoms with E-state index in [1.165, 1.54) is 23.1 Å². The molecule has 0 bridgehead atoms. The lowest BCUT2D eigenvalue weighted by Gasteiger charge is -2.26. The van der Waals surface area contributed by atoms with Crippen LogP contribution in [0, 0.1) is 34.3 Å². The molecule has 0 aliphatic heterocycles. The molecule has 0 fully saturated rings. The topological polar surface area (TPSA) is 164 Å². The lowest BCUT2D eigenvalue weighted by Crippen LogP contribution is -2.31. The monoisotopic (exact) mass is 459 g/mol. The minimum absolute atomic E-state index is 0.0140. The van der Waals surface area contributed by atoms with Gasteiger partial charge in [0, 0.05) is 6.54 Å². The summed E-state index contributed by atoms with van der Waals surface area (Å²) in [4.78, 5) is 27.2. The highest BCUT2D eigenvalue weighted by atomic mass is 19.1. The fraction of sp³-hybridized carbons (Fsp3) is 0.0909. The Labute approximate surface area is 190 Å². The summed E-state index contributed by atoms with van der Waals surface area (Å²) >= 11 is 0. The van der Waals surface area contributed by atoms with Crippen molar-refractivity contribution in [2.45, 2.75) is 6.92 Å². The molecule has 0 saturated heterocycles. The molecule has 10 nitrogen and oxygen atoms in total. The number of anilines is 4. The highest BCUT2D eigenvalue weighted by molar-refractivity contribution is 5.81. The second kappa shape index (κ2) is 8.44. The number of halogens is 2. The van der Waals surface area contributed by atoms with Crippen molar-refractivity contribution in [1.29, 1.82) is 10.5 Å². The molecule has 0 unspecified atom stereocenters. The van der Waals surface area contributed by atoms with Crippen molar-refractivity contribution in [3.05, 3.63) is 69.5 Å². The second-order valence-electron chi connectivity index (χ2n) is 7.02. The first-order valence-electron chi connectivity index (χ1n) is 9.82. The van der Waals surface area contributed by atoms with Crippen LogP contribution >= 0.6 is 0 Å². The first-order chi connectivity index (χ1) is 16.3. The number of hydrogen-bond acceptors (Lipinski definition) is 9. The van der Waals surface area contributed by atoms with E-state index in [9.17, 15) is 24.1 Å². The molecule has 0 atom stereocenters. The Kier molecular flexibility index (Phi) is 5.49. The maximum absolute atomic E-state index is 14.6. The van der Waals surface area contributed by atoms with E-state index in [0.29, 0.717) is 0 Å². The van der Waals surface area contributed by atoms with Gasteiger partial charge >= 0.3 is 0 Å². The van der Waals surface area contributed by atoms with E-state index in [1.807, 2.05) is 12.1 Å². The molecule has 0 aliphatic rings. The van der Waals surface area contributed by atoms with Gasteiger partial charge in [0.1, 0.15) is 34.5 Å². The van der Waals surface area contributed by atoms with E-state index in [4.69, 9.17) is 11.5 Å². The van der Waals surface area contributed by atoms with Gasteiger partial charge in [0.25, 0.3) is 5.56 Å². The molecule has 4 aromatic rings. The molecule has 0 spiro atoms. The summed E-state index contributed by atoms with van der Waals surface area (Å²) < 4.78 is 29.9. The first-order valence-corrected chi connectivity index (χ1v) is 9.82. The zero-order valence-electron chi connectivity index (χ0n) is 17.6. The largest absolute Gasteiger partial charge is 0.382 e. The number of aromatic nitrogens is 4. The molecule has 12 heteroatoms. The van der Waals surface area contributed by atoms with Crippen LogP contribution in [0.3, 0.4) is 0 Å². The third kappa shape index (κ3) is 3.59. The normalized spacial score (nSPS) is 10.6. The van der Waals surface area contributed by atoms with Gasteiger partial charge in [0.15, 0.2) is 5.82 Å². The lowest BCUT2D eigenvalue weighted by molar-refractivity contribution is 0.625. The SMILES string of the molecule is CCN(c1nc(N)nc(N)c1C#N)c1nc2cccc(F)c2c(=O)n1-c1cc(F)cc(C#N)c1. The van der Waals surface area contributed by atoms with Crippen molar-refractivity contribution in [2.75, 3.05) is 22.9 Å². The molecule has 168 valence electrons. The van der Waals surface area contributed by atoms with Gasteiger partial charge in [-0.2, -0.15) is 20.5 Å². The lowest BCUT2D eigenvalue weighted by atomic mass is 10.2. The van der Waals surface area contributed by atoms with Crippen LogP contribution in [0.1, 0.15) is 18.1 Å². The van der Waals surface area contributed by atoms with Gasteiger partial charge in [-0.3, -0.25) is 9.69 Å². The van der Waals surface area contributed by atoms with E-state index < -0.39 is 17.2 Å². The third-order valence-corrected chi connectivity index (χ3v) is 4.96. The Morgan fingerprint density at radius 2 is 1.85 bits per heavy atom. The standard InChI is InChI=1S/C22H15F2N9O/c1-2-32(19-14(10-26)18(27)30-21(28)31-19)22-29-16-5-3-4-15(24)17(16)20(34)33(22)13-7-11(9-25)6-12(23)8-13/h3-8H,2H2,1H3,(H4,27,28,30,31). The van der Waals surface area contributed by atoms with Gasteiger partial charge in [0.2, 0.25) is 11.9 Å². The number of nitrogens with two attached hydrogens (primary N) is 2. The highest BCUT2D eigenvalue weighted by Gasteiger charge is 2.25. The highest BCUT2D eigenvalue weighted by Crippen LogP contribution is 2.30. The number of benzene rings is 2. The summed E-state index contributed by atoms with van der Waals surface area (Å²) in [6, 6.07) is 10.9. The number of fused-ring (bicyclic) bond motifs is 1. The van der Waals surface area contributed by atoms with E-state index in [-0.39, 0.29) is 57.8 Å². The molecule has 0 amide bonds. The summed E-state index contributed by atoms with van der Waals surface area (Å²) in [5, 5.41) is 18.6. The van der Waals surface area contributed by atoms with E-state index in [1.54, 1.807) is 6.92 Å². The number of nitrogen functional groups attached to an aromatic ring is 2. The van der Waals surface area contributed by atoms with Gasteiger partial charge in [-0.15, -0.1) is 0 Å². The fourth-order valence-corrected chi connectivity index (χ4v) is 3.53. The molecular weight excluding hydrogens is 444 g/mol. The third-order valence-electron chi connectivity index (χ3n) is 4.96. The zero-order chi connectivity index (χ0) is 24.6. The average molecular weight is 459 g/mol. The van der Waals surface area contributed by atoms with Gasteiger partial charge < -0.3 is 11.5 Å². The van der Waals surface area contributed by atoms with Crippen LogP contribution < -0.4 is 21.9 Å². The molecule has 2 aromatic heterocycles. The Balaban J connectivity index is 2.16. The number of hydrogen-bond donors (Lipinski definition) is 2. The predicted octanol–water partition coefficient (Wildman–Crippen LogP) is 2.52. The molecule has 0 radical (unpaired) electrons. The van der Waals surface area contributed by atoms with Gasteiger partial charge in [0.05, 0.1) is 22.8 Å². The van der Waals surface area contributed by atoms with Crippen LogP contribution in [0.4, 0.5) is 32.3 Å². The fourth-order valence-electron chi connectivity index (χ4n) is 3.53. The summed E-state index contributed by atoms with van der Waals surface area (Å²) in [5.74, 6) is -2.23. The van der Waals surface area contributed by atoms with E-state index >= 15 is 0 Å². The molecule has 2 heterocycles. The van der Waals surface area contributed by atoms with Crippen molar-refractivity contribution in [3.8, 4) is 17.8 Å². The predicted molar refractivity (Wildman–Crippen MR) is 120 cm³/mol. The summed E-state index contributed by atoms with van der Waals surface area (Å²) in [5.41, 5.74) is 10.5. The smallest absolute Gasteiger partial charge is 0.270 e. The first kappa shape index (κ1) is 22.1. The molecule has 0 aliphatic carbocycles. The Bertz CT molecular complexity index is 1600. The van der Waals surface area contributed by atoms with Crippen LogP contribution in [-0.4, -0.2) is 26.1 Å². The van der Waals surface area contributed by atoms with Gasteiger partial charge in [-0.25, -0.2) is 18.3 Å². The molecule has 4 rings (SSSR count). The number of nitriles is 2. The van der Waals surface area contributed by atoms with Crippen molar-refractivity contribution in [2.24, 2.45) is 0 Å². The van der Waals surface area contributed by atoms with E-state index in [0.717, 1.165) is 22.8 Å². The maximum atomic E-state index is 14.6. The Hall–Kier alpha value is -5.10. The summed E-state index contributed by atoms with van der Waals surface area (Å²) in [7, 11) is 0. The van der Waals surface area contributed by atoms with Crippen molar-refractivity contribution >= 4 is 34.4 Å². The van der Waals surface area contributed by atoms with Crippen LogP contribution in [0.5, 0.6) is 0 Å². The number of rotatable bonds is 4. The van der Waals surface area contributed by atoms with Crippen molar-refractivity contribution in [3.63, 3.8) is 0 Å². The second-order valence-corrected chi connectivity index (χ2v) is 7.02. The average Bonchev–Trinajstić information content (AvgIpc) is 2.79. The van der Waals surface area contributed by atoms with Crippen LogP contribution in [0.15, 0.2) is 41.2 Å². The molecule has 2 aromatic carbocycles. The summed E-state index contributed by atoms with van der Waals surface area (Å²) in [6.07, 6.45) is 0. The van der Waals surface area contributed by atoms with Crippen LogP contribution in [0.25, 0.3) is 16.6 Å². The van der Waals surface area contributed by atoms with Crippen molar-refractivity contribution in [1.82, 2.24) is 19.5 Å². The molecule has 0 saturated carbocycles. The van der Waals surface area contributed by atoms with Gasteiger partial charge in [-0.1, -0.05) is 6.07 Å². The van der Waals surface area contributed by atoms with E-state index in [2.05, 4.69) is 15.0 Å². The minimum Gasteiger partial charge on any atom is -0.382 e. The molecule has 34 heavy (non-hydrogen) atoms. The minimum atomic E-state index is -0.862. The molecular formula is C22H15F2N9O. The quantitative estimate of drug-likeness (QED) is 0.466. The Morgan fingerprint density at radius 3 is 2.53 bits per heavy atom. The van der Waals surface area contributed by atoms with Gasteiger partial charge in [-0.05, 0) is 37.3 Å². The maximum Gasteiger partial charge on any atom is 0.270 e. The summed E-state index contributed by atoms with van der Waals surface area (Å²) in [6.45, 7) is 1.77. The van der Waals surface area contributed by atoms with Crippen molar-refractivity contribution < 1.29 is 8.78 Å². The number of nitrogens with zero attached hydrogens (tertiary/aromatic N) is 7. The van der Waals surface area contributed by atoms with Crippen LogP contribution in [0.2, 0.25) is 0 Å². The van der Waals surface area contributed by atoms with Crippen LogP contribution in [-0.2, 0) is 0 Å².